The van der Waals surface area contributed by atoms with E-state index in [0.29, 0.717) is 0 Å². The van der Waals surface area contributed by atoms with Gasteiger partial charge in [0.25, 0.3) is 0 Å². The Morgan fingerprint density at radius 2 is 0.606 bits per heavy atom. The Labute approximate surface area is 389 Å². The summed E-state index contributed by atoms with van der Waals surface area (Å²) in [5, 5.41) is 2.38. The Balaban J connectivity index is 0.964. The summed E-state index contributed by atoms with van der Waals surface area (Å²) in [6.07, 6.45) is 19.1. The number of hydrogen-bond donors (Lipinski definition) is 0. The summed E-state index contributed by atoms with van der Waals surface area (Å²) >= 11 is 0. The standard InChI is InChI=1S/C64H42N2/c1-5-7-9-11-13-51-25-39-61(40-26-51)66(62-41-27-52(28-42-62)14-12-10-8-6-2)64-45-31-54(32-46-64)20-22-56-24-34-57-47-55(23-33-58(57)48-56)21-19-53-29-43-63(44-30-53)65(59-35-15-49(3)16-36-59)60-37-17-50(4)18-38-60/h1-2,15-48H,3-4H3/b21-19+,22-20+. The van der Waals surface area contributed by atoms with Gasteiger partial charge in [0.05, 0.1) is 0 Å². The Bertz CT molecular complexity index is 3280. The summed E-state index contributed by atoms with van der Waals surface area (Å²) in [5.74, 6) is 26.6. The fourth-order valence-electron chi connectivity index (χ4n) is 7.36. The summed E-state index contributed by atoms with van der Waals surface area (Å²) in [6.45, 7) is 4.24. The van der Waals surface area contributed by atoms with Crippen molar-refractivity contribution < 1.29 is 0 Å². The van der Waals surface area contributed by atoms with Crippen LogP contribution >= 0.6 is 0 Å². The number of anilines is 6. The Hall–Kier alpha value is -9.54. The molecule has 0 aliphatic heterocycles. The smallest absolute Gasteiger partial charge is 0.0462 e. The van der Waals surface area contributed by atoms with Crippen LogP contribution in [0.25, 0.3) is 35.1 Å². The van der Waals surface area contributed by atoms with Gasteiger partial charge in [0.1, 0.15) is 0 Å². The number of terminal acetylenes is 2. The van der Waals surface area contributed by atoms with Crippen molar-refractivity contribution in [3.63, 3.8) is 0 Å². The lowest BCUT2D eigenvalue weighted by Crippen LogP contribution is -2.09. The van der Waals surface area contributed by atoms with Crippen LogP contribution in [-0.2, 0) is 0 Å². The molecule has 8 rings (SSSR count). The highest BCUT2D eigenvalue weighted by Gasteiger charge is 2.14. The van der Waals surface area contributed by atoms with Gasteiger partial charge in [-0.2, -0.15) is 0 Å². The molecule has 0 amide bonds. The van der Waals surface area contributed by atoms with Crippen molar-refractivity contribution >= 4 is 69.2 Å². The second kappa shape index (κ2) is 21.0. The zero-order valence-corrected chi connectivity index (χ0v) is 36.7. The molecule has 0 bridgehead atoms. The van der Waals surface area contributed by atoms with E-state index in [1.807, 2.05) is 48.5 Å². The predicted molar refractivity (Wildman–Crippen MR) is 281 cm³/mol. The van der Waals surface area contributed by atoms with E-state index < -0.39 is 0 Å². The summed E-state index contributed by atoms with van der Waals surface area (Å²) < 4.78 is 0. The van der Waals surface area contributed by atoms with E-state index in [1.54, 1.807) is 0 Å². The molecule has 0 radical (unpaired) electrons. The number of hydrogen-bond acceptors (Lipinski definition) is 2. The normalized spacial score (nSPS) is 10.2. The number of rotatable bonds is 10. The van der Waals surface area contributed by atoms with Crippen molar-refractivity contribution in [3.05, 3.63) is 226 Å². The van der Waals surface area contributed by atoms with Crippen LogP contribution in [0.5, 0.6) is 0 Å². The van der Waals surface area contributed by atoms with E-state index in [1.165, 1.54) is 21.9 Å². The lowest BCUT2D eigenvalue weighted by Gasteiger charge is -2.25. The van der Waals surface area contributed by atoms with E-state index in [4.69, 9.17) is 12.8 Å². The molecular formula is C64H42N2. The largest absolute Gasteiger partial charge is 0.311 e. The summed E-state index contributed by atoms with van der Waals surface area (Å²) in [4.78, 5) is 4.49. The minimum atomic E-state index is 0.841. The van der Waals surface area contributed by atoms with Crippen molar-refractivity contribution in [2.45, 2.75) is 13.8 Å². The topological polar surface area (TPSA) is 6.48 Å². The van der Waals surface area contributed by atoms with Crippen LogP contribution < -0.4 is 9.80 Å². The monoisotopic (exact) mass is 838 g/mol. The van der Waals surface area contributed by atoms with Crippen molar-refractivity contribution in [2.24, 2.45) is 0 Å². The first-order chi connectivity index (χ1) is 32.4. The fraction of sp³-hybridized carbons (Fsp3) is 0.0312. The average Bonchev–Trinajstić information content (AvgIpc) is 3.36. The molecule has 8 aromatic carbocycles. The maximum atomic E-state index is 5.22. The zero-order valence-electron chi connectivity index (χ0n) is 36.7. The molecule has 308 valence electrons. The van der Waals surface area contributed by atoms with Crippen molar-refractivity contribution in [1.29, 1.82) is 0 Å². The van der Waals surface area contributed by atoms with E-state index in [-0.39, 0.29) is 0 Å². The molecule has 0 saturated carbocycles. The third kappa shape index (κ3) is 11.1. The van der Waals surface area contributed by atoms with Gasteiger partial charge in [-0.25, -0.2) is 0 Å². The van der Waals surface area contributed by atoms with Gasteiger partial charge in [0.15, 0.2) is 0 Å². The molecule has 0 aliphatic rings. The van der Waals surface area contributed by atoms with Crippen molar-refractivity contribution in [2.75, 3.05) is 9.80 Å². The van der Waals surface area contributed by atoms with E-state index in [2.05, 4.69) is 241 Å². The molecule has 0 fully saturated rings. The molecule has 0 heterocycles. The lowest BCUT2D eigenvalue weighted by atomic mass is 10.0. The Morgan fingerprint density at radius 3 is 0.939 bits per heavy atom. The lowest BCUT2D eigenvalue weighted by molar-refractivity contribution is 1.27. The SMILES string of the molecule is C#CC#CC#Cc1ccc(N(c2ccc(C#CC#CC#C)cc2)c2ccc(/C=C/c3ccc4cc(/C=C/c5ccc(N(c6ccc(C)cc6)c6ccc(C)cc6)cc5)ccc4c3)cc2)cc1. The van der Waals surface area contributed by atoms with Gasteiger partial charge in [0, 0.05) is 45.3 Å². The van der Waals surface area contributed by atoms with Gasteiger partial charge in [-0.3, -0.25) is 0 Å². The van der Waals surface area contributed by atoms with Crippen LogP contribution in [0.15, 0.2) is 182 Å². The molecule has 2 heteroatoms. The summed E-state index contributed by atoms with van der Waals surface area (Å²) in [7, 11) is 0. The molecule has 0 aromatic heterocycles. The van der Waals surface area contributed by atoms with E-state index in [0.717, 1.165) is 67.5 Å². The molecule has 66 heavy (non-hydrogen) atoms. The Morgan fingerprint density at radius 1 is 0.318 bits per heavy atom. The first-order valence-corrected chi connectivity index (χ1v) is 21.4. The van der Waals surface area contributed by atoms with Crippen LogP contribution in [0.3, 0.4) is 0 Å². The first kappa shape index (κ1) is 43.1. The number of nitrogens with zero attached hydrogens (tertiary/aromatic N) is 2. The molecule has 8 aromatic rings. The number of aryl methyl sites for hydroxylation is 2. The van der Waals surface area contributed by atoms with E-state index in [9.17, 15) is 0 Å². The van der Waals surface area contributed by atoms with Gasteiger partial charge < -0.3 is 9.80 Å². The van der Waals surface area contributed by atoms with E-state index >= 15 is 0 Å². The first-order valence-electron chi connectivity index (χ1n) is 21.4. The van der Waals surface area contributed by atoms with Crippen LogP contribution in [0.1, 0.15) is 44.5 Å². The van der Waals surface area contributed by atoms with Crippen LogP contribution in [0.2, 0.25) is 0 Å². The highest BCUT2D eigenvalue weighted by Crippen LogP contribution is 2.36. The zero-order chi connectivity index (χ0) is 45.5. The van der Waals surface area contributed by atoms with Crippen molar-refractivity contribution in [1.82, 2.24) is 0 Å². The fourth-order valence-corrected chi connectivity index (χ4v) is 7.36. The summed E-state index contributed by atoms with van der Waals surface area (Å²) in [6, 6.07) is 63.9. The average molecular weight is 839 g/mol. The van der Waals surface area contributed by atoms with Crippen LogP contribution in [0.4, 0.5) is 34.1 Å². The van der Waals surface area contributed by atoms with Crippen LogP contribution in [-0.4, -0.2) is 0 Å². The molecule has 2 nitrogen and oxygen atoms in total. The number of fused-ring (bicyclic) bond motifs is 1. The molecule has 0 aliphatic carbocycles. The minimum absolute atomic E-state index is 0.841. The minimum Gasteiger partial charge on any atom is -0.311 e. The van der Waals surface area contributed by atoms with Gasteiger partial charge >= 0.3 is 0 Å². The maximum Gasteiger partial charge on any atom is 0.0462 e. The highest BCUT2D eigenvalue weighted by molar-refractivity contribution is 5.89. The quantitative estimate of drug-likeness (QED) is 0.1000. The number of benzene rings is 8. The predicted octanol–water partition coefficient (Wildman–Crippen LogP) is 14.7. The highest BCUT2D eigenvalue weighted by atomic mass is 15.1. The molecule has 0 spiro atoms. The van der Waals surface area contributed by atoms with Crippen molar-refractivity contribution in [3.8, 4) is 72.1 Å². The summed E-state index contributed by atoms with van der Waals surface area (Å²) in [5.41, 5.74) is 15.0. The molecule has 0 saturated heterocycles. The van der Waals surface area contributed by atoms with Crippen LogP contribution in [0, 0.1) is 85.9 Å². The molecule has 0 unspecified atom stereocenters. The maximum absolute atomic E-state index is 5.22. The van der Waals surface area contributed by atoms with Gasteiger partial charge in [-0.1, -0.05) is 120 Å². The van der Waals surface area contributed by atoms with Gasteiger partial charge in [-0.15, -0.1) is 12.8 Å². The third-order valence-corrected chi connectivity index (χ3v) is 10.8. The molecule has 0 atom stereocenters. The molecular weight excluding hydrogens is 797 g/mol. The van der Waals surface area contributed by atoms with Gasteiger partial charge in [0.2, 0.25) is 0 Å². The van der Waals surface area contributed by atoms with Gasteiger partial charge in [-0.05, 0) is 203 Å². The third-order valence-electron chi connectivity index (χ3n) is 10.8. The Kier molecular flexibility index (Phi) is 13.7. The molecule has 0 N–H and O–H groups in total. The second-order valence-electron chi connectivity index (χ2n) is 15.4. The second-order valence-corrected chi connectivity index (χ2v) is 15.4.